The molecular formula is C18H16N6. The summed E-state index contributed by atoms with van der Waals surface area (Å²) < 4.78 is 2.00. The molecule has 0 atom stereocenters. The zero-order valence-corrected chi connectivity index (χ0v) is 12.9. The van der Waals surface area contributed by atoms with Crippen LogP contribution in [-0.2, 0) is 6.54 Å². The van der Waals surface area contributed by atoms with Gasteiger partial charge in [-0.05, 0) is 23.8 Å². The molecule has 0 saturated heterocycles. The maximum absolute atomic E-state index is 5.67. The van der Waals surface area contributed by atoms with E-state index in [-0.39, 0.29) is 0 Å². The molecular weight excluding hydrogens is 300 g/mol. The van der Waals surface area contributed by atoms with Crippen LogP contribution in [0.1, 0.15) is 5.56 Å². The number of aromatic nitrogens is 4. The molecule has 2 aromatic carbocycles. The quantitative estimate of drug-likeness (QED) is 0.604. The van der Waals surface area contributed by atoms with Crippen molar-refractivity contribution in [3.05, 3.63) is 72.7 Å². The lowest BCUT2D eigenvalue weighted by Gasteiger charge is -2.07. The van der Waals surface area contributed by atoms with E-state index in [2.05, 4.69) is 38.6 Å². The summed E-state index contributed by atoms with van der Waals surface area (Å²) in [6.45, 7) is 0.750. The molecule has 4 aromatic rings. The summed E-state index contributed by atoms with van der Waals surface area (Å²) in [5.41, 5.74) is 8.92. The van der Waals surface area contributed by atoms with E-state index in [1.54, 1.807) is 6.07 Å². The van der Waals surface area contributed by atoms with E-state index in [1.165, 1.54) is 11.9 Å². The minimum atomic E-state index is 0.434. The molecule has 2 aromatic heterocycles. The molecule has 0 aliphatic carbocycles. The van der Waals surface area contributed by atoms with Crippen LogP contribution in [0.4, 0.5) is 17.3 Å². The molecule has 3 N–H and O–H groups in total. The minimum absolute atomic E-state index is 0.434. The van der Waals surface area contributed by atoms with Crippen LogP contribution in [0.3, 0.4) is 0 Å². The Kier molecular flexibility index (Phi) is 3.55. The second kappa shape index (κ2) is 6.00. The number of benzene rings is 2. The average Bonchev–Trinajstić information content (AvgIpc) is 2.98. The minimum Gasteiger partial charge on any atom is -0.384 e. The van der Waals surface area contributed by atoms with Crippen molar-refractivity contribution < 1.29 is 0 Å². The SMILES string of the molecule is Nc1cc(Nc2ccc3c(cnn3Cc3ccccc3)c2)ncn1. The summed E-state index contributed by atoms with van der Waals surface area (Å²) in [7, 11) is 0. The van der Waals surface area contributed by atoms with Crippen LogP contribution in [0.25, 0.3) is 10.9 Å². The fraction of sp³-hybridized carbons (Fsp3) is 0.0556. The Morgan fingerprint density at radius 2 is 1.88 bits per heavy atom. The van der Waals surface area contributed by atoms with Gasteiger partial charge in [0, 0.05) is 17.1 Å². The molecule has 0 bridgehead atoms. The van der Waals surface area contributed by atoms with Gasteiger partial charge < -0.3 is 11.1 Å². The first-order valence-corrected chi connectivity index (χ1v) is 7.62. The lowest BCUT2D eigenvalue weighted by molar-refractivity contribution is 0.712. The van der Waals surface area contributed by atoms with E-state index in [0.717, 1.165) is 23.1 Å². The third kappa shape index (κ3) is 2.89. The van der Waals surface area contributed by atoms with Crippen molar-refractivity contribution in [3.63, 3.8) is 0 Å². The second-order valence-electron chi connectivity index (χ2n) is 5.51. The van der Waals surface area contributed by atoms with Gasteiger partial charge in [-0.25, -0.2) is 9.97 Å². The molecule has 0 radical (unpaired) electrons. The molecule has 0 fully saturated rings. The third-order valence-corrected chi connectivity index (χ3v) is 3.78. The molecule has 6 heteroatoms. The van der Waals surface area contributed by atoms with Crippen LogP contribution >= 0.6 is 0 Å². The van der Waals surface area contributed by atoms with Gasteiger partial charge in [0.2, 0.25) is 0 Å². The lowest BCUT2D eigenvalue weighted by Crippen LogP contribution is -2.01. The molecule has 4 rings (SSSR count). The van der Waals surface area contributed by atoms with Crippen LogP contribution in [0, 0.1) is 0 Å². The molecule has 0 saturated carbocycles. The highest BCUT2D eigenvalue weighted by Gasteiger charge is 2.05. The Hall–Kier alpha value is -3.41. The van der Waals surface area contributed by atoms with Gasteiger partial charge in [0.25, 0.3) is 0 Å². The molecule has 0 aliphatic rings. The van der Waals surface area contributed by atoms with Gasteiger partial charge in [-0.1, -0.05) is 30.3 Å². The zero-order valence-electron chi connectivity index (χ0n) is 12.9. The number of anilines is 3. The second-order valence-corrected chi connectivity index (χ2v) is 5.51. The third-order valence-electron chi connectivity index (χ3n) is 3.78. The molecule has 0 spiro atoms. The highest BCUT2D eigenvalue weighted by molar-refractivity contribution is 5.83. The number of fused-ring (bicyclic) bond motifs is 1. The molecule has 0 amide bonds. The summed E-state index contributed by atoms with van der Waals surface area (Å²) in [4.78, 5) is 8.04. The standard InChI is InChI=1S/C18H16N6/c19-17-9-18(21-12-20-17)23-15-6-7-16-14(8-15)10-22-24(16)11-13-4-2-1-3-5-13/h1-10,12H,11H2,(H3,19,20,21,23). The highest BCUT2D eigenvalue weighted by atomic mass is 15.3. The Bertz CT molecular complexity index is 977. The van der Waals surface area contributed by atoms with Gasteiger partial charge in [-0.3, -0.25) is 4.68 Å². The molecule has 2 heterocycles. The van der Waals surface area contributed by atoms with Gasteiger partial charge >= 0.3 is 0 Å². The van der Waals surface area contributed by atoms with Gasteiger partial charge in [0.15, 0.2) is 0 Å². The van der Waals surface area contributed by atoms with Gasteiger partial charge in [-0.15, -0.1) is 0 Å². The van der Waals surface area contributed by atoms with Crippen LogP contribution < -0.4 is 11.1 Å². The monoisotopic (exact) mass is 316 g/mol. The maximum atomic E-state index is 5.67. The van der Waals surface area contributed by atoms with Crippen molar-refractivity contribution in [2.24, 2.45) is 0 Å². The summed E-state index contributed by atoms with van der Waals surface area (Å²) in [5, 5.41) is 8.79. The largest absolute Gasteiger partial charge is 0.384 e. The van der Waals surface area contributed by atoms with Crippen LogP contribution in [-0.4, -0.2) is 19.7 Å². The molecule has 6 nitrogen and oxygen atoms in total. The summed E-state index contributed by atoms with van der Waals surface area (Å²) in [6.07, 6.45) is 3.31. The summed E-state index contributed by atoms with van der Waals surface area (Å²) >= 11 is 0. The van der Waals surface area contributed by atoms with E-state index < -0.39 is 0 Å². The number of hydrogen-bond acceptors (Lipinski definition) is 5. The summed E-state index contributed by atoms with van der Waals surface area (Å²) in [6, 6.07) is 18.1. The van der Waals surface area contributed by atoms with Crippen molar-refractivity contribution in [2.75, 3.05) is 11.1 Å². The average molecular weight is 316 g/mol. The molecule has 118 valence electrons. The maximum Gasteiger partial charge on any atom is 0.135 e. The van der Waals surface area contributed by atoms with E-state index in [9.17, 15) is 0 Å². The number of rotatable bonds is 4. The van der Waals surface area contributed by atoms with Gasteiger partial charge in [-0.2, -0.15) is 5.10 Å². The Balaban J connectivity index is 1.60. The van der Waals surface area contributed by atoms with Crippen molar-refractivity contribution in [3.8, 4) is 0 Å². The van der Waals surface area contributed by atoms with E-state index in [4.69, 9.17) is 5.73 Å². The lowest BCUT2D eigenvalue weighted by atomic mass is 10.2. The Morgan fingerprint density at radius 3 is 2.71 bits per heavy atom. The van der Waals surface area contributed by atoms with Crippen molar-refractivity contribution in [1.29, 1.82) is 0 Å². The van der Waals surface area contributed by atoms with Crippen molar-refractivity contribution in [1.82, 2.24) is 19.7 Å². The number of nitrogens with two attached hydrogens (primary N) is 1. The summed E-state index contributed by atoms with van der Waals surface area (Å²) in [5.74, 6) is 1.10. The predicted molar refractivity (Wildman–Crippen MR) is 95.0 cm³/mol. The highest BCUT2D eigenvalue weighted by Crippen LogP contribution is 2.22. The van der Waals surface area contributed by atoms with Crippen LogP contribution in [0.5, 0.6) is 0 Å². The van der Waals surface area contributed by atoms with Crippen LogP contribution in [0.15, 0.2) is 67.1 Å². The molecule has 0 aliphatic heterocycles. The van der Waals surface area contributed by atoms with E-state index in [0.29, 0.717) is 11.6 Å². The molecule has 24 heavy (non-hydrogen) atoms. The number of nitrogens with zero attached hydrogens (tertiary/aromatic N) is 4. The van der Waals surface area contributed by atoms with E-state index in [1.807, 2.05) is 41.2 Å². The predicted octanol–water partition coefficient (Wildman–Crippen LogP) is 3.20. The van der Waals surface area contributed by atoms with E-state index >= 15 is 0 Å². The Morgan fingerprint density at radius 1 is 1.00 bits per heavy atom. The van der Waals surface area contributed by atoms with Gasteiger partial charge in [0.05, 0.1) is 18.3 Å². The van der Waals surface area contributed by atoms with Crippen molar-refractivity contribution >= 4 is 28.2 Å². The van der Waals surface area contributed by atoms with Crippen LogP contribution in [0.2, 0.25) is 0 Å². The smallest absolute Gasteiger partial charge is 0.135 e. The normalized spacial score (nSPS) is 10.8. The Labute approximate surface area is 139 Å². The topological polar surface area (TPSA) is 81.6 Å². The fourth-order valence-corrected chi connectivity index (χ4v) is 2.64. The first-order valence-electron chi connectivity index (χ1n) is 7.62. The zero-order chi connectivity index (χ0) is 16.4. The first kappa shape index (κ1) is 14.2. The first-order chi connectivity index (χ1) is 11.8. The van der Waals surface area contributed by atoms with Crippen molar-refractivity contribution in [2.45, 2.75) is 6.54 Å². The number of hydrogen-bond donors (Lipinski definition) is 2. The number of nitrogens with one attached hydrogen (secondary N) is 1. The van der Waals surface area contributed by atoms with Gasteiger partial charge in [0.1, 0.15) is 18.0 Å². The number of nitrogen functional groups attached to an aromatic ring is 1. The molecule has 0 unspecified atom stereocenters. The fourth-order valence-electron chi connectivity index (χ4n) is 2.64.